The molecule has 0 saturated carbocycles. The fraction of sp³-hybridized carbons (Fsp3) is 0.120. The van der Waals surface area contributed by atoms with Crippen LogP contribution in [-0.4, -0.2) is 32.2 Å². The Hall–Kier alpha value is -3.56. The summed E-state index contributed by atoms with van der Waals surface area (Å²) in [6.07, 6.45) is 2.07. The summed E-state index contributed by atoms with van der Waals surface area (Å²) in [5, 5.41) is 11.7. The minimum absolute atomic E-state index is 0.0475. The predicted octanol–water partition coefficient (Wildman–Crippen LogP) is 5.01. The highest BCUT2D eigenvalue weighted by Crippen LogP contribution is 2.60. The van der Waals surface area contributed by atoms with Crippen LogP contribution in [0.5, 0.6) is 0 Å². The number of halogens is 3. The second kappa shape index (κ2) is 11.7. The van der Waals surface area contributed by atoms with Gasteiger partial charge in [0.05, 0.1) is 28.4 Å². The number of nitrogens with one attached hydrogen (secondary N) is 1. The number of carbonyl (C=O) groups is 2. The van der Waals surface area contributed by atoms with Crippen molar-refractivity contribution in [3.8, 4) is 0 Å². The highest BCUT2D eigenvalue weighted by molar-refractivity contribution is 7.52. The van der Waals surface area contributed by atoms with Crippen molar-refractivity contribution in [1.29, 1.82) is 0 Å². The quantitative estimate of drug-likeness (QED) is 0.195. The van der Waals surface area contributed by atoms with Gasteiger partial charge in [-0.05, 0) is 34.9 Å². The molecule has 0 fully saturated rings. The van der Waals surface area contributed by atoms with Gasteiger partial charge in [-0.1, -0.05) is 66.2 Å². The van der Waals surface area contributed by atoms with E-state index in [-0.39, 0.29) is 12.1 Å². The van der Waals surface area contributed by atoms with Gasteiger partial charge in [0, 0.05) is 12.7 Å². The average molecular weight is 551 g/mol. The topological polar surface area (TPSA) is 127 Å². The molecule has 3 aromatic rings. The molecule has 1 amide bonds. The summed E-state index contributed by atoms with van der Waals surface area (Å²) in [4.78, 5) is 42.5. The van der Waals surface area contributed by atoms with Crippen LogP contribution in [0.2, 0.25) is 5.02 Å². The summed E-state index contributed by atoms with van der Waals surface area (Å²) >= 11 is 5.93. The molecule has 0 radical (unpaired) electrons. The van der Waals surface area contributed by atoms with E-state index in [1.807, 2.05) is 30.3 Å². The van der Waals surface area contributed by atoms with Gasteiger partial charge in [-0.25, -0.2) is 4.79 Å². The molecule has 8 nitrogen and oxygen atoms in total. The number of carboxylic acids is 1. The van der Waals surface area contributed by atoms with E-state index in [1.165, 1.54) is 35.2 Å². The van der Waals surface area contributed by atoms with Crippen molar-refractivity contribution in [2.75, 3.05) is 0 Å². The van der Waals surface area contributed by atoms with Gasteiger partial charge >= 0.3 is 19.2 Å². The van der Waals surface area contributed by atoms with Crippen molar-refractivity contribution in [3.05, 3.63) is 112 Å². The van der Waals surface area contributed by atoms with Crippen molar-refractivity contribution in [2.45, 2.75) is 18.8 Å². The van der Waals surface area contributed by atoms with Gasteiger partial charge < -0.3 is 25.1 Å². The molecule has 0 atom stereocenters. The third-order valence-corrected chi connectivity index (χ3v) is 6.61. The number of rotatable bonds is 11. The molecule has 194 valence electrons. The minimum atomic E-state index is -5.81. The summed E-state index contributed by atoms with van der Waals surface area (Å²) in [6.45, 7) is 0.284. The number of alkyl halides is 2. The fourth-order valence-corrected chi connectivity index (χ4v) is 4.31. The molecule has 3 rings (SSSR count). The largest absolute Gasteiger partial charge is 0.478 e. The van der Waals surface area contributed by atoms with Crippen LogP contribution in [0.1, 0.15) is 32.6 Å². The van der Waals surface area contributed by atoms with Crippen LogP contribution in [0.15, 0.2) is 79.0 Å². The molecular formula is C25H22ClF2N2O6P. The molecule has 0 aliphatic carbocycles. The predicted molar refractivity (Wildman–Crippen MR) is 134 cm³/mol. The molecule has 0 saturated heterocycles. The van der Waals surface area contributed by atoms with E-state index in [4.69, 9.17) is 21.4 Å². The number of nitrogens with zero attached hydrogens (tertiary/aromatic N) is 1. The number of hydrogen-bond acceptors (Lipinski definition) is 4. The number of carboxylic acid groups (broad SMARTS) is 1. The Morgan fingerprint density at radius 2 is 1.62 bits per heavy atom. The van der Waals surface area contributed by atoms with Crippen LogP contribution in [0.3, 0.4) is 0 Å². The fourth-order valence-electron chi connectivity index (χ4n) is 3.41. The van der Waals surface area contributed by atoms with E-state index < -0.39 is 29.8 Å². The Balaban J connectivity index is 1.93. The first-order chi connectivity index (χ1) is 17.4. The van der Waals surface area contributed by atoms with Crippen molar-refractivity contribution >= 4 is 37.3 Å². The Labute approximate surface area is 216 Å². The standard InChI is InChI=1S/C25H22ClF2N2O6P/c26-22-12-18(6-11-21(22)25(27,28)37(34,35)36)15-30(16-31)23(14-29-13-17-4-2-1-3-5-17)19-7-9-20(10-8-19)24(32)33/h1-12,14,16,29H,13,15H2,(H,32,33)(H2,34,35,36)/b23-14-. The van der Waals surface area contributed by atoms with E-state index in [9.17, 15) is 28.0 Å². The maximum absolute atomic E-state index is 14.1. The number of aromatic carboxylic acids is 1. The SMILES string of the molecule is O=CN(Cc1ccc(C(F)(F)P(=O)(O)O)c(Cl)c1)/C(=C\NCc1ccccc1)c1ccc(C(=O)O)cc1. The van der Waals surface area contributed by atoms with Crippen molar-refractivity contribution < 1.29 is 37.8 Å². The molecule has 0 aromatic heterocycles. The van der Waals surface area contributed by atoms with Gasteiger partial charge in [-0.3, -0.25) is 9.36 Å². The van der Waals surface area contributed by atoms with Crippen LogP contribution in [0.4, 0.5) is 8.78 Å². The number of carbonyl (C=O) groups excluding carboxylic acids is 1. The van der Waals surface area contributed by atoms with E-state index in [1.54, 1.807) is 6.20 Å². The first-order valence-corrected chi connectivity index (χ1v) is 12.7. The Morgan fingerprint density at radius 1 is 1.00 bits per heavy atom. The minimum Gasteiger partial charge on any atom is -0.478 e. The maximum atomic E-state index is 14.1. The maximum Gasteiger partial charge on any atom is 0.399 e. The van der Waals surface area contributed by atoms with Crippen LogP contribution in [-0.2, 0) is 28.1 Å². The molecule has 0 aliphatic rings. The Kier molecular flexibility index (Phi) is 8.83. The molecule has 0 heterocycles. The Morgan fingerprint density at radius 3 is 2.16 bits per heavy atom. The summed E-state index contributed by atoms with van der Waals surface area (Å²) in [5.74, 6) is -1.12. The van der Waals surface area contributed by atoms with Crippen molar-refractivity contribution in [2.24, 2.45) is 0 Å². The lowest BCUT2D eigenvalue weighted by Gasteiger charge is -2.23. The first-order valence-electron chi connectivity index (χ1n) is 10.7. The molecule has 3 aromatic carbocycles. The van der Waals surface area contributed by atoms with E-state index in [2.05, 4.69) is 5.32 Å². The van der Waals surface area contributed by atoms with Gasteiger partial charge in [0.25, 0.3) is 0 Å². The van der Waals surface area contributed by atoms with Gasteiger partial charge in [0.1, 0.15) is 0 Å². The zero-order chi connectivity index (χ0) is 27.2. The second-order valence-corrected chi connectivity index (χ2v) is 9.97. The third-order valence-electron chi connectivity index (χ3n) is 5.33. The van der Waals surface area contributed by atoms with E-state index in [0.717, 1.165) is 17.7 Å². The highest BCUT2D eigenvalue weighted by atomic mass is 35.5. The highest BCUT2D eigenvalue weighted by Gasteiger charge is 2.51. The van der Waals surface area contributed by atoms with Crippen molar-refractivity contribution in [3.63, 3.8) is 0 Å². The first kappa shape index (κ1) is 28.0. The lowest BCUT2D eigenvalue weighted by atomic mass is 10.1. The molecule has 0 aliphatic heterocycles. The number of amides is 1. The van der Waals surface area contributed by atoms with Crippen molar-refractivity contribution in [1.82, 2.24) is 10.2 Å². The molecule has 0 spiro atoms. The molecule has 0 unspecified atom stereocenters. The zero-order valence-corrected chi connectivity index (χ0v) is 20.7. The average Bonchev–Trinajstić information content (AvgIpc) is 2.85. The van der Waals surface area contributed by atoms with Gasteiger partial charge in [-0.2, -0.15) is 8.78 Å². The second-order valence-electron chi connectivity index (χ2n) is 7.91. The van der Waals surface area contributed by atoms with Crippen LogP contribution < -0.4 is 5.32 Å². The molecule has 0 bridgehead atoms. The third kappa shape index (κ3) is 6.81. The smallest absolute Gasteiger partial charge is 0.399 e. The number of benzene rings is 3. The van der Waals surface area contributed by atoms with Gasteiger partial charge in [0.2, 0.25) is 6.41 Å². The van der Waals surface area contributed by atoms with E-state index >= 15 is 0 Å². The van der Waals surface area contributed by atoms with Gasteiger partial charge in [0.15, 0.2) is 0 Å². The van der Waals surface area contributed by atoms with E-state index in [0.29, 0.717) is 29.8 Å². The Bertz CT molecular complexity index is 1350. The molecule has 37 heavy (non-hydrogen) atoms. The van der Waals surface area contributed by atoms with Crippen LogP contribution in [0.25, 0.3) is 5.70 Å². The molecule has 12 heteroatoms. The summed E-state index contributed by atoms with van der Waals surface area (Å²) in [5.41, 5.74) is -3.36. The van der Waals surface area contributed by atoms with Crippen LogP contribution in [0, 0.1) is 0 Å². The number of hydrogen-bond donors (Lipinski definition) is 4. The van der Waals surface area contributed by atoms with Crippen LogP contribution >= 0.6 is 19.2 Å². The lowest BCUT2D eigenvalue weighted by molar-refractivity contribution is -0.115. The van der Waals surface area contributed by atoms with Gasteiger partial charge in [-0.15, -0.1) is 0 Å². The monoisotopic (exact) mass is 550 g/mol. The lowest BCUT2D eigenvalue weighted by Crippen LogP contribution is -2.22. The summed E-state index contributed by atoms with van der Waals surface area (Å²) < 4.78 is 39.5. The summed E-state index contributed by atoms with van der Waals surface area (Å²) in [7, 11) is -5.81. The zero-order valence-electron chi connectivity index (χ0n) is 19.1. The summed E-state index contributed by atoms with van der Waals surface area (Å²) in [6, 6.07) is 18.3. The molecular weight excluding hydrogens is 529 g/mol. The molecule has 4 N–H and O–H groups in total. The normalized spacial score (nSPS) is 12.2.